The molecular weight excluding hydrogens is 255 g/mol. The van der Waals surface area contributed by atoms with Crippen LogP contribution >= 0.6 is 39.1 Å². The highest BCUT2D eigenvalue weighted by Gasteiger charge is 2.13. The Balaban J connectivity index is 3.40. The molecule has 0 heterocycles. The van der Waals surface area contributed by atoms with Crippen molar-refractivity contribution in [3.8, 4) is 0 Å². The van der Waals surface area contributed by atoms with Gasteiger partial charge < -0.3 is 4.43 Å². The Bertz CT molecular complexity index is 84.0. The minimum atomic E-state index is -0.378. The predicted molar refractivity (Wildman–Crippen MR) is 53.3 cm³/mol. The van der Waals surface area contributed by atoms with Gasteiger partial charge in [-0.1, -0.05) is 15.9 Å². The molecule has 0 aliphatic heterocycles. The van der Waals surface area contributed by atoms with Crippen LogP contribution in [0.4, 0.5) is 0 Å². The maximum absolute atomic E-state index is 5.63. The molecule has 0 bridgehead atoms. The SMILES string of the molecule is [SiH3]OC(CCCBr)C(Cl)Cl. The second-order valence-electron chi connectivity index (χ2n) is 1.94. The van der Waals surface area contributed by atoms with Crippen molar-refractivity contribution in [3.05, 3.63) is 0 Å². The zero-order valence-corrected chi connectivity index (χ0v) is 10.9. The van der Waals surface area contributed by atoms with Crippen LogP contribution in [0.1, 0.15) is 12.8 Å². The zero-order valence-electron chi connectivity index (χ0n) is 5.82. The lowest BCUT2D eigenvalue weighted by Crippen LogP contribution is -2.19. The number of hydrogen-bond acceptors (Lipinski definition) is 1. The summed E-state index contributed by atoms with van der Waals surface area (Å²) in [6, 6.07) is 0. The number of rotatable bonds is 5. The van der Waals surface area contributed by atoms with Gasteiger partial charge in [0.15, 0.2) is 0 Å². The standard InChI is InChI=1S/C5H11BrCl2OSi/c6-3-1-2-4(9-10)5(7)8/h4-5H,1-3H2,10H3. The van der Waals surface area contributed by atoms with Crippen LogP contribution in [0.15, 0.2) is 0 Å². The van der Waals surface area contributed by atoms with E-state index in [-0.39, 0.29) is 10.9 Å². The molecule has 0 fully saturated rings. The predicted octanol–water partition coefficient (Wildman–Crippen LogP) is 1.63. The maximum Gasteiger partial charge on any atom is 0.146 e. The molecule has 1 atom stereocenters. The van der Waals surface area contributed by atoms with Crippen LogP contribution < -0.4 is 0 Å². The van der Waals surface area contributed by atoms with E-state index in [1.165, 1.54) is 0 Å². The third kappa shape index (κ3) is 4.96. The first-order valence-corrected chi connectivity index (χ1v) is 5.90. The van der Waals surface area contributed by atoms with Gasteiger partial charge in [0.25, 0.3) is 0 Å². The molecule has 5 heteroatoms. The summed E-state index contributed by atoms with van der Waals surface area (Å²) in [6.07, 6.45) is 2.03. The molecule has 62 valence electrons. The number of alkyl halides is 3. The van der Waals surface area contributed by atoms with Crippen molar-refractivity contribution < 1.29 is 4.43 Å². The van der Waals surface area contributed by atoms with Gasteiger partial charge in [0.05, 0.1) is 6.10 Å². The molecule has 0 saturated heterocycles. The van der Waals surface area contributed by atoms with Gasteiger partial charge in [-0.2, -0.15) is 0 Å². The van der Waals surface area contributed by atoms with Gasteiger partial charge in [0.1, 0.15) is 15.3 Å². The van der Waals surface area contributed by atoms with Crippen molar-refractivity contribution in [1.29, 1.82) is 0 Å². The van der Waals surface area contributed by atoms with Crippen LogP contribution in [-0.4, -0.2) is 26.8 Å². The van der Waals surface area contributed by atoms with E-state index in [0.717, 1.165) is 18.2 Å². The van der Waals surface area contributed by atoms with Crippen molar-refractivity contribution >= 4 is 49.6 Å². The molecule has 0 rings (SSSR count). The lowest BCUT2D eigenvalue weighted by Gasteiger charge is -2.15. The van der Waals surface area contributed by atoms with Crippen LogP contribution in [0.5, 0.6) is 0 Å². The van der Waals surface area contributed by atoms with Gasteiger partial charge in [0, 0.05) is 5.33 Å². The zero-order chi connectivity index (χ0) is 7.98. The molecule has 0 N–H and O–H groups in total. The lowest BCUT2D eigenvalue weighted by atomic mass is 10.2. The lowest BCUT2D eigenvalue weighted by molar-refractivity contribution is 0.224. The molecule has 0 aromatic carbocycles. The Hall–Kier alpha value is 1.24. The molecular formula is C5H11BrCl2OSi. The van der Waals surface area contributed by atoms with Crippen LogP contribution in [0.25, 0.3) is 0 Å². The van der Waals surface area contributed by atoms with Gasteiger partial charge in [-0.15, -0.1) is 23.2 Å². The van der Waals surface area contributed by atoms with Gasteiger partial charge >= 0.3 is 0 Å². The Morgan fingerprint density at radius 3 is 2.40 bits per heavy atom. The average molecular weight is 266 g/mol. The number of hydrogen-bond donors (Lipinski definition) is 0. The van der Waals surface area contributed by atoms with Crippen molar-refractivity contribution in [2.45, 2.75) is 23.8 Å². The van der Waals surface area contributed by atoms with Gasteiger partial charge in [-0.05, 0) is 12.8 Å². The summed E-state index contributed by atoms with van der Waals surface area (Å²) < 4.78 is 5.17. The first-order chi connectivity index (χ1) is 4.72. The van der Waals surface area contributed by atoms with Crippen molar-refractivity contribution in [3.63, 3.8) is 0 Å². The fourth-order valence-electron chi connectivity index (χ4n) is 0.625. The van der Waals surface area contributed by atoms with Crippen LogP contribution in [-0.2, 0) is 4.43 Å². The van der Waals surface area contributed by atoms with Crippen LogP contribution in [0.3, 0.4) is 0 Å². The van der Waals surface area contributed by atoms with E-state index >= 15 is 0 Å². The minimum absolute atomic E-state index is 0.0348. The Kier molecular flexibility index (Phi) is 7.77. The largest absolute Gasteiger partial charge is 0.422 e. The van der Waals surface area contributed by atoms with E-state index < -0.39 is 0 Å². The molecule has 0 amide bonds. The molecule has 0 aliphatic rings. The minimum Gasteiger partial charge on any atom is -0.422 e. The summed E-state index contributed by atoms with van der Waals surface area (Å²) in [7, 11) is 0.703. The van der Waals surface area contributed by atoms with Crippen molar-refractivity contribution in [1.82, 2.24) is 0 Å². The molecule has 0 spiro atoms. The van der Waals surface area contributed by atoms with E-state index in [2.05, 4.69) is 15.9 Å². The molecule has 1 unspecified atom stereocenters. The Morgan fingerprint density at radius 2 is 2.10 bits per heavy atom. The van der Waals surface area contributed by atoms with E-state index in [4.69, 9.17) is 27.6 Å². The first kappa shape index (κ1) is 11.2. The van der Waals surface area contributed by atoms with Gasteiger partial charge in [-0.3, -0.25) is 0 Å². The third-order valence-electron chi connectivity index (χ3n) is 1.21. The average Bonchev–Trinajstić information content (AvgIpc) is 1.89. The second kappa shape index (κ2) is 6.92. The summed E-state index contributed by atoms with van der Waals surface area (Å²) in [6.45, 7) is 0. The summed E-state index contributed by atoms with van der Waals surface area (Å²) in [4.78, 5) is -0.378. The molecule has 0 aromatic heterocycles. The quantitative estimate of drug-likeness (QED) is 0.543. The fraction of sp³-hybridized carbons (Fsp3) is 1.00. The summed E-state index contributed by atoms with van der Waals surface area (Å²) >= 11 is 14.6. The van der Waals surface area contributed by atoms with Gasteiger partial charge in [-0.25, -0.2) is 0 Å². The van der Waals surface area contributed by atoms with E-state index in [0.29, 0.717) is 10.5 Å². The summed E-state index contributed by atoms with van der Waals surface area (Å²) in [5.74, 6) is 0. The molecule has 1 nitrogen and oxygen atoms in total. The molecule has 10 heavy (non-hydrogen) atoms. The van der Waals surface area contributed by atoms with Crippen LogP contribution in [0.2, 0.25) is 0 Å². The number of halogens is 3. The Labute approximate surface area is 83.1 Å². The maximum atomic E-state index is 5.63. The molecule has 0 radical (unpaired) electrons. The topological polar surface area (TPSA) is 9.23 Å². The van der Waals surface area contributed by atoms with Crippen molar-refractivity contribution in [2.75, 3.05) is 5.33 Å². The highest BCUT2D eigenvalue weighted by Crippen LogP contribution is 2.15. The monoisotopic (exact) mass is 264 g/mol. The summed E-state index contributed by atoms with van der Waals surface area (Å²) in [5.41, 5.74) is 0. The normalized spacial score (nSPS) is 14.4. The fourth-order valence-corrected chi connectivity index (χ4v) is 2.26. The van der Waals surface area contributed by atoms with E-state index in [9.17, 15) is 0 Å². The smallest absolute Gasteiger partial charge is 0.146 e. The van der Waals surface area contributed by atoms with E-state index in [1.807, 2.05) is 0 Å². The third-order valence-corrected chi connectivity index (χ3v) is 2.93. The second-order valence-corrected chi connectivity index (χ2v) is 4.37. The first-order valence-electron chi connectivity index (χ1n) is 3.09. The molecule has 0 aliphatic carbocycles. The van der Waals surface area contributed by atoms with Gasteiger partial charge in [0.2, 0.25) is 0 Å². The van der Waals surface area contributed by atoms with Crippen LogP contribution in [0, 0.1) is 0 Å². The summed E-state index contributed by atoms with van der Waals surface area (Å²) in [5, 5.41) is 0.981. The highest BCUT2D eigenvalue weighted by atomic mass is 79.9. The molecule has 0 aromatic rings. The Morgan fingerprint density at radius 1 is 1.50 bits per heavy atom. The van der Waals surface area contributed by atoms with E-state index in [1.54, 1.807) is 0 Å². The highest BCUT2D eigenvalue weighted by molar-refractivity contribution is 9.09. The molecule has 0 saturated carbocycles. The van der Waals surface area contributed by atoms with Crippen molar-refractivity contribution in [2.24, 2.45) is 0 Å².